The van der Waals surface area contributed by atoms with E-state index in [0.29, 0.717) is 6.54 Å². The standard InChI is InChI=1S/C15H21N3OS/c1-15(2,3)13-12(10-19)20-14(17-13)18(4)9-11-7-5-6-8-16-11/h5-8,19H,9-10H2,1-4H3. The molecule has 2 heterocycles. The van der Waals surface area contributed by atoms with Gasteiger partial charge in [0.2, 0.25) is 0 Å². The van der Waals surface area contributed by atoms with E-state index in [2.05, 4.69) is 30.7 Å². The number of nitrogens with zero attached hydrogens (tertiary/aromatic N) is 3. The second-order valence-corrected chi connectivity index (χ2v) is 6.92. The van der Waals surface area contributed by atoms with Gasteiger partial charge in [0, 0.05) is 18.7 Å². The zero-order valence-corrected chi connectivity index (χ0v) is 13.2. The molecule has 20 heavy (non-hydrogen) atoms. The Kier molecular flexibility index (Phi) is 4.40. The Morgan fingerprint density at radius 3 is 2.55 bits per heavy atom. The first-order valence-corrected chi connectivity index (χ1v) is 7.45. The van der Waals surface area contributed by atoms with Gasteiger partial charge in [-0.15, -0.1) is 0 Å². The summed E-state index contributed by atoms with van der Waals surface area (Å²) in [4.78, 5) is 12.0. The molecule has 1 N–H and O–H groups in total. The Labute approximate surface area is 124 Å². The van der Waals surface area contributed by atoms with Gasteiger partial charge in [-0.3, -0.25) is 4.98 Å². The van der Waals surface area contributed by atoms with Crippen LogP contribution in [0.2, 0.25) is 0 Å². The first-order valence-electron chi connectivity index (χ1n) is 6.64. The van der Waals surface area contributed by atoms with Gasteiger partial charge in [-0.05, 0) is 12.1 Å². The van der Waals surface area contributed by atoms with Gasteiger partial charge in [0.05, 0.1) is 29.4 Å². The lowest BCUT2D eigenvalue weighted by Crippen LogP contribution is -2.18. The van der Waals surface area contributed by atoms with Crippen LogP contribution < -0.4 is 4.90 Å². The van der Waals surface area contributed by atoms with E-state index in [1.54, 1.807) is 17.5 Å². The lowest BCUT2D eigenvalue weighted by atomic mass is 9.91. The van der Waals surface area contributed by atoms with Crippen molar-refractivity contribution < 1.29 is 5.11 Å². The second kappa shape index (κ2) is 5.89. The highest BCUT2D eigenvalue weighted by Crippen LogP contribution is 2.33. The van der Waals surface area contributed by atoms with E-state index in [4.69, 9.17) is 4.98 Å². The molecule has 2 rings (SSSR count). The summed E-state index contributed by atoms with van der Waals surface area (Å²) in [6.07, 6.45) is 1.80. The molecule has 108 valence electrons. The van der Waals surface area contributed by atoms with Gasteiger partial charge in [0.25, 0.3) is 0 Å². The van der Waals surface area contributed by atoms with Gasteiger partial charge in [-0.25, -0.2) is 4.98 Å². The lowest BCUT2D eigenvalue weighted by molar-refractivity contribution is 0.282. The van der Waals surface area contributed by atoms with E-state index >= 15 is 0 Å². The van der Waals surface area contributed by atoms with Gasteiger partial charge in [0.15, 0.2) is 5.13 Å². The van der Waals surface area contributed by atoms with E-state index < -0.39 is 0 Å². The Bertz CT molecular complexity index is 560. The quantitative estimate of drug-likeness (QED) is 0.941. The summed E-state index contributed by atoms with van der Waals surface area (Å²) < 4.78 is 0. The van der Waals surface area contributed by atoms with Gasteiger partial charge in [-0.1, -0.05) is 38.2 Å². The molecule has 0 aliphatic rings. The Morgan fingerprint density at radius 2 is 2.05 bits per heavy atom. The van der Waals surface area contributed by atoms with Gasteiger partial charge in [0.1, 0.15) is 0 Å². The molecule has 0 aromatic carbocycles. The second-order valence-electron chi connectivity index (χ2n) is 5.85. The number of hydrogen-bond acceptors (Lipinski definition) is 5. The maximum absolute atomic E-state index is 9.51. The number of aromatic nitrogens is 2. The number of aliphatic hydroxyl groups is 1. The summed E-state index contributed by atoms with van der Waals surface area (Å²) >= 11 is 1.55. The van der Waals surface area contributed by atoms with E-state index in [0.717, 1.165) is 21.4 Å². The van der Waals surface area contributed by atoms with Crippen LogP contribution in [-0.2, 0) is 18.6 Å². The zero-order valence-electron chi connectivity index (χ0n) is 12.4. The molecular formula is C15H21N3OS. The molecule has 0 amide bonds. The third-order valence-corrected chi connectivity index (χ3v) is 4.15. The largest absolute Gasteiger partial charge is 0.391 e. The number of anilines is 1. The Balaban J connectivity index is 2.23. The molecule has 0 bridgehead atoms. The van der Waals surface area contributed by atoms with Crippen LogP contribution in [0.5, 0.6) is 0 Å². The van der Waals surface area contributed by atoms with Crippen LogP contribution in [0.4, 0.5) is 5.13 Å². The molecule has 0 unspecified atom stereocenters. The van der Waals surface area contributed by atoms with Crippen molar-refractivity contribution in [2.75, 3.05) is 11.9 Å². The van der Waals surface area contributed by atoms with Crippen LogP contribution in [-0.4, -0.2) is 22.1 Å². The third-order valence-electron chi connectivity index (χ3n) is 2.99. The summed E-state index contributed by atoms with van der Waals surface area (Å²) in [5.74, 6) is 0. The van der Waals surface area contributed by atoms with Crippen molar-refractivity contribution in [2.24, 2.45) is 0 Å². The molecule has 0 aliphatic heterocycles. The van der Waals surface area contributed by atoms with E-state index in [-0.39, 0.29) is 12.0 Å². The molecule has 0 saturated carbocycles. The molecule has 5 heteroatoms. The lowest BCUT2D eigenvalue weighted by Gasteiger charge is -2.17. The number of thiazole rings is 1. The fourth-order valence-corrected chi connectivity index (χ4v) is 3.09. The number of pyridine rings is 1. The molecule has 2 aromatic rings. The van der Waals surface area contributed by atoms with Crippen molar-refractivity contribution in [2.45, 2.75) is 39.3 Å². The minimum absolute atomic E-state index is 0.0434. The van der Waals surface area contributed by atoms with Crippen molar-refractivity contribution >= 4 is 16.5 Å². The predicted octanol–water partition coefficient (Wildman–Crippen LogP) is 2.96. The van der Waals surface area contributed by atoms with Crippen LogP contribution >= 0.6 is 11.3 Å². The van der Waals surface area contributed by atoms with Crippen LogP contribution in [0.3, 0.4) is 0 Å². The van der Waals surface area contributed by atoms with Crippen molar-refractivity contribution in [3.63, 3.8) is 0 Å². The summed E-state index contributed by atoms with van der Waals surface area (Å²) in [5, 5.41) is 10.4. The number of hydrogen-bond donors (Lipinski definition) is 1. The van der Waals surface area contributed by atoms with Crippen LogP contribution in [0.1, 0.15) is 37.0 Å². The monoisotopic (exact) mass is 291 g/mol. The summed E-state index contributed by atoms with van der Waals surface area (Å²) in [5.41, 5.74) is 1.93. The van der Waals surface area contributed by atoms with Gasteiger partial charge >= 0.3 is 0 Å². The van der Waals surface area contributed by atoms with Crippen LogP contribution in [0.15, 0.2) is 24.4 Å². The maximum atomic E-state index is 9.51. The fraction of sp³-hybridized carbons (Fsp3) is 0.467. The minimum Gasteiger partial charge on any atom is -0.391 e. The normalized spacial score (nSPS) is 11.7. The Hall–Kier alpha value is -1.46. The first kappa shape index (κ1) is 14.9. The number of aliphatic hydroxyl groups excluding tert-OH is 1. The van der Waals surface area contributed by atoms with Crippen molar-refractivity contribution in [1.29, 1.82) is 0 Å². The Morgan fingerprint density at radius 1 is 1.30 bits per heavy atom. The molecular weight excluding hydrogens is 270 g/mol. The van der Waals surface area contributed by atoms with E-state index in [9.17, 15) is 5.11 Å². The highest BCUT2D eigenvalue weighted by Gasteiger charge is 2.24. The highest BCUT2D eigenvalue weighted by molar-refractivity contribution is 7.15. The zero-order chi connectivity index (χ0) is 14.8. The topological polar surface area (TPSA) is 49.2 Å². The fourth-order valence-electron chi connectivity index (χ4n) is 2.00. The molecule has 2 aromatic heterocycles. The van der Waals surface area contributed by atoms with Crippen LogP contribution in [0, 0.1) is 0 Å². The molecule has 0 atom stereocenters. The molecule has 0 radical (unpaired) electrons. The molecule has 0 fully saturated rings. The van der Waals surface area contributed by atoms with Gasteiger partial charge < -0.3 is 10.0 Å². The summed E-state index contributed by atoms with van der Waals surface area (Å²) in [6, 6.07) is 5.90. The van der Waals surface area contributed by atoms with Gasteiger partial charge in [-0.2, -0.15) is 0 Å². The highest BCUT2D eigenvalue weighted by atomic mass is 32.1. The SMILES string of the molecule is CN(Cc1ccccn1)c1nc(C(C)(C)C)c(CO)s1. The van der Waals surface area contributed by atoms with Crippen LogP contribution in [0.25, 0.3) is 0 Å². The number of rotatable bonds is 4. The third kappa shape index (κ3) is 3.35. The summed E-state index contributed by atoms with van der Waals surface area (Å²) in [7, 11) is 2.00. The molecule has 0 spiro atoms. The van der Waals surface area contributed by atoms with Crippen molar-refractivity contribution in [1.82, 2.24) is 9.97 Å². The van der Waals surface area contributed by atoms with E-state index in [1.807, 2.05) is 25.2 Å². The van der Waals surface area contributed by atoms with E-state index in [1.165, 1.54) is 0 Å². The van der Waals surface area contributed by atoms with Crippen molar-refractivity contribution in [3.8, 4) is 0 Å². The first-order chi connectivity index (χ1) is 9.41. The average Bonchev–Trinajstić information content (AvgIpc) is 2.84. The molecule has 0 aliphatic carbocycles. The smallest absolute Gasteiger partial charge is 0.185 e. The predicted molar refractivity (Wildman–Crippen MR) is 83.1 cm³/mol. The minimum atomic E-state index is -0.0569. The average molecular weight is 291 g/mol. The molecule has 4 nitrogen and oxygen atoms in total. The summed E-state index contributed by atoms with van der Waals surface area (Å²) in [6.45, 7) is 7.10. The van der Waals surface area contributed by atoms with Crippen molar-refractivity contribution in [3.05, 3.63) is 40.7 Å². The molecule has 0 saturated heterocycles. The maximum Gasteiger partial charge on any atom is 0.185 e.